The highest BCUT2D eigenvalue weighted by atomic mass is 79.9. The maximum Gasteiger partial charge on any atom is 0.0829 e. The van der Waals surface area contributed by atoms with Gasteiger partial charge in [-0.2, -0.15) is 0 Å². The summed E-state index contributed by atoms with van der Waals surface area (Å²) in [5, 5.41) is 1.15. The van der Waals surface area contributed by atoms with Crippen molar-refractivity contribution in [2.24, 2.45) is 5.92 Å². The largest absolute Gasteiger partial charge is 0.374 e. The number of likely N-dealkylation sites (tertiary alicyclic amines) is 1. The number of rotatable bonds is 3. The Labute approximate surface area is 107 Å². The van der Waals surface area contributed by atoms with Crippen molar-refractivity contribution in [1.29, 1.82) is 0 Å². The molecular formula is C12H23BrN2O. The van der Waals surface area contributed by atoms with Gasteiger partial charge in [0, 0.05) is 31.5 Å². The molecule has 0 amide bonds. The van der Waals surface area contributed by atoms with E-state index in [4.69, 9.17) is 4.74 Å². The quantitative estimate of drug-likeness (QED) is 0.732. The molecule has 2 rings (SSSR count). The third kappa shape index (κ3) is 3.69. The highest BCUT2D eigenvalue weighted by Crippen LogP contribution is 2.19. The second kappa shape index (κ2) is 6.34. The van der Waals surface area contributed by atoms with Gasteiger partial charge in [0.2, 0.25) is 0 Å². The average Bonchev–Trinajstić information content (AvgIpc) is 2.29. The van der Waals surface area contributed by atoms with Gasteiger partial charge in [-0.15, -0.1) is 0 Å². The van der Waals surface area contributed by atoms with Crippen LogP contribution < -0.4 is 0 Å². The molecule has 0 bridgehead atoms. The molecule has 2 fully saturated rings. The lowest BCUT2D eigenvalue weighted by molar-refractivity contribution is -0.0397. The van der Waals surface area contributed by atoms with Gasteiger partial charge in [-0.05, 0) is 32.4 Å². The summed E-state index contributed by atoms with van der Waals surface area (Å²) < 4.78 is 5.82. The first-order chi connectivity index (χ1) is 7.78. The van der Waals surface area contributed by atoms with Crippen molar-refractivity contribution < 1.29 is 4.74 Å². The molecule has 3 nitrogen and oxygen atoms in total. The number of piperidine rings is 1. The van der Waals surface area contributed by atoms with Crippen molar-refractivity contribution in [2.45, 2.75) is 18.9 Å². The van der Waals surface area contributed by atoms with Crippen LogP contribution in [0.15, 0.2) is 0 Å². The van der Waals surface area contributed by atoms with E-state index in [1.165, 1.54) is 25.9 Å². The molecule has 0 N–H and O–H groups in total. The molecule has 0 radical (unpaired) electrons. The normalized spacial score (nSPS) is 34.1. The minimum absolute atomic E-state index is 0.424. The van der Waals surface area contributed by atoms with E-state index in [0.29, 0.717) is 6.10 Å². The topological polar surface area (TPSA) is 15.7 Å². The Kier molecular flexibility index (Phi) is 5.07. The van der Waals surface area contributed by atoms with Crippen LogP contribution in [0.3, 0.4) is 0 Å². The number of alkyl halides is 1. The molecule has 94 valence electrons. The summed E-state index contributed by atoms with van der Waals surface area (Å²) in [6.45, 7) is 6.70. The molecule has 16 heavy (non-hydrogen) atoms. The smallest absolute Gasteiger partial charge is 0.0829 e. The van der Waals surface area contributed by atoms with Gasteiger partial charge in [-0.3, -0.25) is 0 Å². The van der Waals surface area contributed by atoms with Crippen LogP contribution in [0.5, 0.6) is 0 Å². The van der Waals surface area contributed by atoms with Crippen LogP contribution in [0.2, 0.25) is 0 Å². The summed E-state index contributed by atoms with van der Waals surface area (Å²) in [7, 11) is 2.19. The van der Waals surface area contributed by atoms with Gasteiger partial charge in [0.25, 0.3) is 0 Å². The Balaban J connectivity index is 1.75. The lowest BCUT2D eigenvalue weighted by Crippen LogP contribution is -2.48. The van der Waals surface area contributed by atoms with E-state index in [0.717, 1.165) is 37.5 Å². The molecule has 2 atom stereocenters. The van der Waals surface area contributed by atoms with E-state index < -0.39 is 0 Å². The first kappa shape index (κ1) is 12.8. The van der Waals surface area contributed by atoms with Gasteiger partial charge < -0.3 is 14.5 Å². The number of halogens is 1. The lowest BCUT2D eigenvalue weighted by atomic mass is 10.00. The summed E-state index contributed by atoms with van der Waals surface area (Å²) in [6, 6.07) is 0. The molecule has 0 aromatic carbocycles. The van der Waals surface area contributed by atoms with Crippen molar-refractivity contribution in [1.82, 2.24) is 9.80 Å². The van der Waals surface area contributed by atoms with Crippen LogP contribution in [-0.4, -0.2) is 67.6 Å². The van der Waals surface area contributed by atoms with Gasteiger partial charge in [0.05, 0.1) is 12.7 Å². The van der Waals surface area contributed by atoms with E-state index in [1.807, 2.05) is 0 Å². The van der Waals surface area contributed by atoms with Crippen LogP contribution in [0, 0.1) is 5.92 Å². The van der Waals surface area contributed by atoms with Crippen LogP contribution >= 0.6 is 15.9 Å². The minimum Gasteiger partial charge on any atom is -0.374 e. The highest BCUT2D eigenvalue weighted by molar-refractivity contribution is 9.09. The standard InChI is InChI=1S/C12H23BrN2O/c1-14-5-6-16-12(9-14)10-15-4-2-3-11(7-13)8-15/h11-12H,2-10H2,1H3. The number of hydrogen-bond donors (Lipinski definition) is 0. The summed E-state index contributed by atoms with van der Waals surface area (Å²) >= 11 is 3.61. The van der Waals surface area contributed by atoms with E-state index in [2.05, 4.69) is 32.8 Å². The Hall–Kier alpha value is 0.360. The maximum absolute atomic E-state index is 5.82. The SMILES string of the molecule is CN1CCOC(CN2CCCC(CBr)C2)C1. The summed E-state index contributed by atoms with van der Waals surface area (Å²) in [5.41, 5.74) is 0. The average molecular weight is 291 g/mol. The minimum atomic E-state index is 0.424. The Morgan fingerprint density at radius 1 is 1.31 bits per heavy atom. The number of likely N-dealkylation sites (N-methyl/N-ethyl adjacent to an activating group) is 1. The van der Waals surface area contributed by atoms with Gasteiger partial charge in [0.1, 0.15) is 0 Å². The molecule has 2 aliphatic heterocycles. The molecule has 2 heterocycles. The fourth-order valence-electron chi connectivity index (χ4n) is 2.71. The maximum atomic E-state index is 5.82. The molecule has 4 heteroatoms. The fraction of sp³-hybridized carbons (Fsp3) is 1.00. The van der Waals surface area contributed by atoms with Crippen LogP contribution in [0.1, 0.15) is 12.8 Å². The summed E-state index contributed by atoms with van der Waals surface area (Å²) in [6.07, 6.45) is 3.15. The Morgan fingerprint density at radius 3 is 2.94 bits per heavy atom. The molecule has 0 aromatic rings. The van der Waals surface area contributed by atoms with Crippen LogP contribution in [0.25, 0.3) is 0 Å². The molecule has 2 saturated heterocycles. The zero-order chi connectivity index (χ0) is 11.4. The summed E-state index contributed by atoms with van der Waals surface area (Å²) in [5.74, 6) is 0.843. The predicted octanol–water partition coefficient (Wildman–Crippen LogP) is 1.42. The molecule has 0 spiro atoms. The van der Waals surface area contributed by atoms with E-state index in [-0.39, 0.29) is 0 Å². The van der Waals surface area contributed by atoms with Gasteiger partial charge >= 0.3 is 0 Å². The first-order valence-corrected chi connectivity index (χ1v) is 7.48. The van der Waals surface area contributed by atoms with Crippen LogP contribution in [-0.2, 0) is 4.74 Å². The zero-order valence-electron chi connectivity index (χ0n) is 10.2. The van der Waals surface area contributed by atoms with Gasteiger partial charge in [-0.25, -0.2) is 0 Å². The third-order valence-corrected chi connectivity index (χ3v) is 4.54. The first-order valence-electron chi connectivity index (χ1n) is 6.36. The van der Waals surface area contributed by atoms with Crippen molar-refractivity contribution in [2.75, 3.05) is 51.7 Å². The fourth-order valence-corrected chi connectivity index (χ4v) is 3.24. The second-order valence-electron chi connectivity index (χ2n) is 5.18. The number of morpholine rings is 1. The molecule has 0 aliphatic carbocycles. The molecule has 2 aliphatic rings. The molecular weight excluding hydrogens is 268 g/mol. The summed E-state index contributed by atoms with van der Waals surface area (Å²) in [4.78, 5) is 4.96. The molecule has 2 unspecified atom stereocenters. The van der Waals surface area contributed by atoms with Gasteiger partial charge in [-0.1, -0.05) is 15.9 Å². The number of ether oxygens (including phenoxy) is 1. The Morgan fingerprint density at radius 2 is 2.19 bits per heavy atom. The number of nitrogens with zero attached hydrogens (tertiary/aromatic N) is 2. The van der Waals surface area contributed by atoms with Crippen LogP contribution in [0.4, 0.5) is 0 Å². The van der Waals surface area contributed by atoms with Crippen molar-refractivity contribution in [3.8, 4) is 0 Å². The molecule has 0 saturated carbocycles. The molecule has 0 aromatic heterocycles. The van der Waals surface area contributed by atoms with Crippen molar-refractivity contribution in [3.05, 3.63) is 0 Å². The van der Waals surface area contributed by atoms with E-state index >= 15 is 0 Å². The highest BCUT2D eigenvalue weighted by Gasteiger charge is 2.24. The Bertz CT molecular complexity index is 215. The van der Waals surface area contributed by atoms with Gasteiger partial charge in [0.15, 0.2) is 0 Å². The third-order valence-electron chi connectivity index (χ3n) is 3.63. The second-order valence-corrected chi connectivity index (χ2v) is 5.82. The lowest BCUT2D eigenvalue weighted by Gasteiger charge is -2.37. The van der Waals surface area contributed by atoms with Crippen molar-refractivity contribution >= 4 is 15.9 Å². The number of hydrogen-bond acceptors (Lipinski definition) is 3. The van der Waals surface area contributed by atoms with Crippen molar-refractivity contribution in [3.63, 3.8) is 0 Å². The predicted molar refractivity (Wildman–Crippen MR) is 70.2 cm³/mol. The van der Waals surface area contributed by atoms with E-state index in [1.54, 1.807) is 0 Å². The zero-order valence-corrected chi connectivity index (χ0v) is 11.8. The monoisotopic (exact) mass is 290 g/mol. The van der Waals surface area contributed by atoms with E-state index in [9.17, 15) is 0 Å².